The van der Waals surface area contributed by atoms with Gasteiger partial charge in [-0.25, -0.2) is 0 Å². The van der Waals surface area contributed by atoms with E-state index in [9.17, 15) is 4.79 Å². The van der Waals surface area contributed by atoms with Gasteiger partial charge in [0.2, 0.25) is 0 Å². The lowest BCUT2D eigenvalue weighted by Crippen LogP contribution is -2.44. The predicted molar refractivity (Wildman–Crippen MR) is 70.0 cm³/mol. The normalized spacial score (nSPS) is 18.4. The van der Waals surface area contributed by atoms with Gasteiger partial charge in [-0.2, -0.15) is 0 Å². The van der Waals surface area contributed by atoms with Crippen molar-refractivity contribution in [3.63, 3.8) is 0 Å². The van der Waals surface area contributed by atoms with E-state index < -0.39 is 12.0 Å². The summed E-state index contributed by atoms with van der Waals surface area (Å²) in [5.74, 6) is -0.258. The van der Waals surface area contributed by atoms with E-state index in [1.807, 2.05) is 24.3 Å². The van der Waals surface area contributed by atoms with Crippen LogP contribution in [0, 0.1) is 5.41 Å². The SMILES string of the molecule is CC1(COc2ccccc2C(N)CC(=O)O)COC1. The Kier molecular flexibility index (Phi) is 4.07. The van der Waals surface area contributed by atoms with E-state index in [0.717, 1.165) is 5.56 Å². The molecule has 0 bridgehead atoms. The van der Waals surface area contributed by atoms with Crippen molar-refractivity contribution in [2.24, 2.45) is 11.1 Å². The van der Waals surface area contributed by atoms with E-state index in [4.69, 9.17) is 20.3 Å². The number of ether oxygens (including phenoxy) is 2. The van der Waals surface area contributed by atoms with Gasteiger partial charge in [-0.05, 0) is 6.07 Å². The molecular formula is C14H19NO4. The molecule has 1 unspecified atom stereocenters. The van der Waals surface area contributed by atoms with Crippen LogP contribution >= 0.6 is 0 Å². The number of para-hydroxylation sites is 1. The third kappa shape index (κ3) is 3.45. The molecule has 0 aliphatic carbocycles. The van der Waals surface area contributed by atoms with Crippen LogP contribution < -0.4 is 10.5 Å². The molecule has 1 fully saturated rings. The second-order valence-electron chi connectivity index (χ2n) is 5.33. The van der Waals surface area contributed by atoms with E-state index >= 15 is 0 Å². The minimum absolute atomic E-state index is 0.0456. The lowest BCUT2D eigenvalue weighted by atomic mass is 9.90. The Hall–Kier alpha value is -1.59. The van der Waals surface area contributed by atoms with Crippen LogP contribution in [0.25, 0.3) is 0 Å². The van der Waals surface area contributed by atoms with Crippen LogP contribution in [0.2, 0.25) is 0 Å². The summed E-state index contributed by atoms with van der Waals surface area (Å²) >= 11 is 0. The number of carboxylic acid groups (broad SMARTS) is 1. The van der Waals surface area contributed by atoms with Crippen LogP contribution in [-0.4, -0.2) is 30.9 Å². The molecule has 3 N–H and O–H groups in total. The highest BCUT2D eigenvalue weighted by molar-refractivity contribution is 5.68. The van der Waals surface area contributed by atoms with Crippen LogP contribution in [0.3, 0.4) is 0 Å². The zero-order valence-electron chi connectivity index (χ0n) is 11.0. The molecule has 5 nitrogen and oxygen atoms in total. The van der Waals surface area contributed by atoms with Gasteiger partial charge in [0.1, 0.15) is 5.75 Å². The molecule has 1 aromatic carbocycles. The van der Waals surface area contributed by atoms with Crippen molar-refractivity contribution in [1.29, 1.82) is 0 Å². The van der Waals surface area contributed by atoms with Gasteiger partial charge in [-0.15, -0.1) is 0 Å². The first-order valence-electron chi connectivity index (χ1n) is 6.27. The molecule has 19 heavy (non-hydrogen) atoms. The fraction of sp³-hybridized carbons (Fsp3) is 0.500. The zero-order valence-corrected chi connectivity index (χ0v) is 11.0. The van der Waals surface area contributed by atoms with Crippen molar-refractivity contribution in [2.75, 3.05) is 19.8 Å². The Labute approximate surface area is 112 Å². The number of nitrogens with two attached hydrogens (primary N) is 1. The molecule has 1 saturated heterocycles. The maximum Gasteiger partial charge on any atom is 0.305 e. The van der Waals surface area contributed by atoms with Crippen LogP contribution in [-0.2, 0) is 9.53 Å². The van der Waals surface area contributed by atoms with Crippen LogP contribution in [0.4, 0.5) is 0 Å². The summed E-state index contributed by atoms with van der Waals surface area (Å²) < 4.78 is 11.0. The summed E-state index contributed by atoms with van der Waals surface area (Å²) in [6.45, 7) is 4.02. The molecule has 0 saturated carbocycles. The second kappa shape index (κ2) is 5.59. The lowest BCUT2D eigenvalue weighted by molar-refractivity contribution is -0.137. The summed E-state index contributed by atoms with van der Waals surface area (Å²) in [6, 6.07) is 6.76. The summed E-state index contributed by atoms with van der Waals surface area (Å²) in [7, 11) is 0. The minimum atomic E-state index is -0.915. The number of rotatable bonds is 6. The minimum Gasteiger partial charge on any atom is -0.492 e. The molecule has 1 heterocycles. The molecule has 104 valence electrons. The maximum absolute atomic E-state index is 10.7. The second-order valence-corrected chi connectivity index (χ2v) is 5.33. The topological polar surface area (TPSA) is 81.8 Å². The van der Waals surface area contributed by atoms with Crippen LogP contribution in [0.5, 0.6) is 5.75 Å². The Morgan fingerprint density at radius 1 is 1.53 bits per heavy atom. The highest BCUT2D eigenvalue weighted by Crippen LogP contribution is 2.30. The zero-order chi connectivity index (χ0) is 13.9. The van der Waals surface area contributed by atoms with Crippen molar-refractivity contribution >= 4 is 5.97 Å². The molecule has 0 aromatic heterocycles. The fourth-order valence-electron chi connectivity index (χ4n) is 2.00. The Morgan fingerprint density at radius 2 is 2.21 bits per heavy atom. The highest BCUT2D eigenvalue weighted by atomic mass is 16.5. The summed E-state index contributed by atoms with van der Waals surface area (Å²) in [5.41, 5.74) is 6.67. The highest BCUT2D eigenvalue weighted by Gasteiger charge is 2.34. The molecule has 2 rings (SSSR count). The smallest absolute Gasteiger partial charge is 0.305 e. The van der Waals surface area contributed by atoms with E-state index in [2.05, 4.69) is 6.92 Å². The van der Waals surface area contributed by atoms with Gasteiger partial charge in [-0.1, -0.05) is 25.1 Å². The monoisotopic (exact) mass is 265 g/mol. The van der Waals surface area contributed by atoms with Crippen molar-refractivity contribution in [1.82, 2.24) is 0 Å². The molecular weight excluding hydrogens is 246 g/mol. The first kappa shape index (κ1) is 13.8. The number of hydrogen-bond acceptors (Lipinski definition) is 4. The van der Waals surface area contributed by atoms with Gasteiger partial charge in [-0.3, -0.25) is 4.79 Å². The number of benzene rings is 1. The van der Waals surface area contributed by atoms with Gasteiger partial charge >= 0.3 is 5.97 Å². The summed E-state index contributed by atoms with van der Waals surface area (Å²) in [5, 5.41) is 8.81. The van der Waals surface area contributed by atoms with E-state index in [1.165, 1.54) is 0 Å². The third-order valence-electron chi connectivity index (χ3n) is 3.19. The number of aliphatic carboxylic acids is 1. The first-order chi connectivity index (χ1) is 9.00. The van der Waals surface area contributed by atoms with Crippen LogP contribution in [0.1, 0.15) is 24.9 Å². The standard InChI is InChI=1S/C14H19NO4/c1-14(7-18-8-14)9-19-12-5-3-2-4-10(12)11(15)6-13(16)17/h2-5,11H,6-9,15H2,1H3,(H,16,17). The van der Waals surface area contributed by atoms with Gasteiger partial charge in [0.05, 0.1) is 26.2 Å². The lowest BCUT2D eigenvalue weighted by Gasteiger charge is -2.37. The van der Waals surface area contributed by atoms with Crippen molar-refractivity contribution in [3.8, 4) is 5.75 Å². The quantitative estimate of drug-likeness (QED) is 0.816. The van der Waals surface area contributed by atoms with Crippen molar-refractivity contribution in [3.05, 3.63) is 29.8 Å². The van der Waals surface area contributed by atoms with Gasteiger partial charge in [0, 0.05) is 17.0 Å². The van der Waals surface area contributed by atoms with E-state index in [1.54, 1.807) is 0 Å². The van der Waals surface area contributed by atoms with Crippen molar-refractivity contribution in [2.45, 2.75) is 19.4 Å². The fourth-order valence-corrected chi connectivity index (χ4v) is 2.00. The van der Waals surface area contributed by atoms with Gasteiger partial charge in [0.25, 0.3) is 0 Å². The first-order valence-corrected chi connectivity index (χ1v) is 6.27. The van der Waals surface area contributed by atoms with E-state index in [-0.39, 0.29) is 11.8 Å². The van der Waals surface area contributed by atoms with E-state index in [0.29, 0.717) is 25.6 Å². The molecule has 5 heteroatoms. The summed E-state index contributed by atoms with van der Waals surface area (Å²) in [4.78, 5) is 10.7. The Balaban J connectivity index is 2.05. The molecule has 1 atom stereocenters. The number of hydrogen-bond donors (Lipinski definition) is 2. The molecule has 0 amide bonds. The molecule has 1 aliphatic heterocycles. The average molecular weight is 265 g/mol. The third-order valence-corrected chi connectivity index (χ3v) is 3.19. The molecule has 0 spiro atoms. The van der Waals surface area contributed by atoms with Crippen molar-refractivity contribution < 1.29 is 19.4 Å². The number of carbonyl (C=O) groups is 1. The molecule has 1 aliphatic rings. The van der Waals surface area contributed by atoms with Crippen LogP contribution in [0.15, 0.2) is 24.3 Å². The largest absolute Gasteiger partial charge is 0.492 e. The molecule has 0 radical (unpaired) electrons. The molecule has 1 aromatic rings. The Morgan fingerprint density at radius 3 is 2.79 bits per heavy atom. The summed E-state index contributed by atoms with van der Waals surface area (Å²) in [6.07, 6.45) is -0.110. The average Bonchev–Trinajstić information content (AvgIpc) is 2.33. The van der Waals surface area contributed by atoms with Gasteiger partial charge < -0.3 is 20.3 Å². The predicted octanol–water partition coefficient (Wildman–Crippen LogP) is 1.58. The Bertz CT molecular complexity index is 457. The number of carboxylic acids is 1. The van der Waals surface area contributed by atoms with Gasteiger partial charge in [0.15, 0.2) is 0 Å². The maximum atomic E-state index is 10.7.